The molecule has 1 amide bonds. The predicted octanol–water partition coefficient (Wildman–Crippen LogP) is 3.38. The number of para-hydroxylation sites is 1. The van der Waals surface area contributed by atoms with Gasteiger partial charge in [-0.25, -0.2) is 0 Å². The van der Waals surface area contributed by atoms with Crippen molar-refractivity contribution in [2.75, 3.05) is 24.4 Å². The van der Waals surface area contributed by atoms with Crippen LogP contribution in [0.4, 0.5) is 5.69 Å². The predicted molar refractivity (Wildman–Crippen MR) is 78.2 cm³/mol. The summed E-state index contributed by atoms with van der Waals surface area (Å²) in [6.45, 7) is 0.785. The smallest absolute Gasteiger partial charge is 0.227 e. The van der Waals surface area contributed by atoms with Gasteiger partial charge in [0.05, 0.1) is 12.8 Å². The topological polar surface area (TPSA) is 29.5 Å². The zero-order valence-electron chi connectivity index (χ0n) is 11.3. The molecule has 0 atom stereocenters. The minimum Gasteiger partial charge on any atom is -0.495 e. The number of alkyl halides is 1. The molecule has 1 aliphatic rings. The van der Waals surface area contributed by atoms with Gasteiger partial charge in [-0.3, -0.25) is 4.79 Å². The SMILES string of the molecule is COc1cccc2c1N(C(=O)CCCCCl)CCC2. The van der Waals surface area contributed by atoms with Crippen LogP contribution in [0.1, 0.15) is 31.2 Å². The molecular formula is C15H20ClNO2. The van der Waals surface area contributed by atoms with E-state index in [0.29, 0.717) is 12.3 Å². The highest BCUT2D eigenvalue weighted by Gasteiger charge is 2.25. The third-order valence-corrected chi connectivity index (χ3v) is 3.74. The van der Waals surface area contributed by atoms with E-state index in [9.17, 15) is 4.79 Å². The van der Waals surface area contributed by atoms with E-state index >= 15 is 0 Å². The van der Waals surface area contributed by atoms with Crippen LogP contribution in [-0.4, -0.2) is 25.4 Å². The summed E-state index contributed by atoms with van der Waals surface area (Å²) in [5.41, 5.74) is 2.17. The Morgan fingerprint density at radius 2 is 2.26 bits per heavy atom. The van der Waals surface area contributed by atoms with Crippen molar-refractivity contribution in [3.05, 3.63) is 23.8 Å². The lowest BCUT2D eigenvalue weighted by Crippen LogP contribution is -2.35. The van der Waals surface area contributed by atoms with Crippen molar-refractivity contribution >= 4 is 23.2 Å². The third-order valence-electron chi connectivity index (χ3n) is 3.48. The number of aryl methyl sites for hydroxylation is 1. The van der Waals surface area contributed by atoms with Gasteiger partial charge in [0.15, 0.2) is 0 Å². The van der Waals surface area contributed by atoms with Gasteiger partial charge in [-0.15, -0.1) is 11.6 Å². The van der Waals surface area contributed by atoms with Crippen molar-refractivity contribution in [2.45, 2.75) is 32.1 Å². The summed E-state index contributed by atoms with van der Waals surface area (Å²) in [5, 5.41) is 0. The summed E-state index contributed by atoms with van der Waals surface area (Å²) in [5.74, 6) is 1.59. The molecule has 1 aromatic carbocycles. The van der Waals surface area contributed by atoms with E-state index < -0.39 is 0 Å². The Morgan fingerprint density at radius 1 is 1.42 bits per heavy atom. The molecule has 4 heteroatoms. The molecule has 0 saturated heterocycles. The van der Waals surface area contributed by atoms with Crippen LogP contribution in [0.15, 0.2) is 18.2 Å². The van der Waals surface area contributed by atoms with Gasteiger partial charge >= 0.3 is 0 Å². The Morgan fingerprint density at radius 3 is 3.00 bits per heavy atom. The van der Waals surface area contributed by atoms with E-state index in [2.05, 4.69) is 6.07 Å². The number of hydrogen-bond donors (Lipinski definition) is 0. The van der Waals surface area contributed by atoms with Crippen molar-refractivity contribution in [1.29, 1.82) is 0 Å². The maximum absolute atomic E-state index is 12.3. The second kappa shape index (κ2) is 6.80. The number of fused-ring (bicyclic) bond motifs is 1. The number of hydrogen-bond acceptors (Lipinski definition) is 2. The van der Waals surface area contributed by atoms with Crippen molar-refractivity contribution in [1.82, 2.24) is 0 Å². The second-order valence-corrected chi connectivity index (χ2v) is 5.14. The van der Waals surface area contributed by atoms with Crippen molar-refractivity contribution in [2.24, 2.45) is 0 Å². The van der Waals surface area contributed by atoms with E-state index in [1.54, 1.807) is 7.11 Å². The fourth-order valence-electron chi connectivity index (χ4n) is 2.54. The van der Waals surface area contributed by atoms with Crippen molar-refractivity contribution in [3.8, 4) is 5.75 Å². The zero-order chi connectivity index (χ0) is 13.7. The van der Waals surface area contributed by atoms with Crippen LogP contribution in [0.2, 0.25) is 0 Å². The Labute approximate surface area is 119 Å². The van der Waals surface area contributed by atoms with Gasteiger partial charge < -0.3 is 9.64 Å². The average molecular weight is 282 g/mol. The lowest BCUT2D eigenvalue weighted by molar-refractivity contribution is -0.118. The molecule has 0 fully saturated rings. The summed E-state index contributed by atoms with van der Waals surface area (Å²) in [6.07, 6.45) is 4.33. The first kappa shape index (κ1) is 14.2. The number of unbranched alkanes of at least 4 members (excludes halogenated alkanes) is 1. The minimum atomic E-state index is 0.176. The Balaban J connectivity index is 2.18. The number of anilines is 1. The zero-order valence-corrected chi connectivity index (χ0v) is 12.1. The largest absolute Gasteiger partial charge is 0.495 e. The molecule has 1 aromatic rings. The summed E-state index contributed by atoms with van der Waals surface area (Å²) >= 11 is 5.65. The summed E-state index contributed by atoms with van der Waals surface area (Å²) in [4.78, 5) is 14.2. The molecule has 3 nitrogen and oxygen atoms in total. The van der Waals surface area contributed by atoms with Gasteiger partial charge in [-0.2, -0.15) is 0 Å². The van der Waals surface area contributed by atoms with Gasteiger partial charge in [0.25, 0.3) is 0 Å². The van der Waals surface area contributed by atoms with E-state index in [1.165, 1.54) is 5.56 Å². The van der Waals surface area contributed by atoms with E-state index in [4.69, 9.17) is 16.3 Å². The molecule has 1 heterocycles. The number of ether oxygens (including phenoxy) is 1. The Bertz CT molecular complexity index is 434. The molecule has 0 aliphatic carbocycles. The van der Waals surface area contributed by atoms with Crippen LogP contribution in [-0.2, 0) is 11.2 Å². The van der Waals surface area contributed by atoms with Crippen LogP contribution in [0.25, 0.3) is 0 Å². The molecule has 1 aliphatic heterocycles. The molecule has 0 unspecified atom stereocenters. The maximum atomic E-state index is 12.3. The molecule has 0 aromatic heterocycles. The second-order valence-electron chi connectivity index (χ2n) is 4.76. The van der Waals surface area contributed by atoms with Crippen LogP contribution in [0.5, 0.6) is 5.75 Å². The molecule has 19 heavy (non-hydrogen) atoms. The van der Waals surface area contributed by atoms with E-state index in [-0.39, 0.29) is 5.91 Å². The fourth-order valence-corrected chi connectivity index (χ4v) is 2.72. The maximum Gasteiger partial charge on any atom is 0.227 e. The Hall–Kier alpha value is -1.22. The molecule has 2 rings (SSSR count). The first-order valence-electron chi connectivity index (χ1n) is 6.80. The molecule has 0 radical (unpaired) electrons. The van der Waals surface area contributed by atoms with Crippen molar-refractivity contribution in [3.63, 3.8) is 0 Å². The number of nitrogens with zero attached hydrogens (tertiary/aromatic N) is 1. The highest BCUT2D eigenvalue weighted by molar-refractivity contribution is 6.17. The third kappa shape index (κ3) is 3.21. The van der Waals surface area contributed by atoms with Crippen LogP contribution in [0, 0.1) is 0 Å². The number of methoxy groups -OCH3 is 1. The average Bonchev–Trinajstić information content (AvgIpc) is 2.46. The van der Waals surface area contributed by atoms with Gasteiger partial charge in [-0.1, -0.05) is 12.1 Å². The molecule has 104 valence electrons. The lowest BCUT2D eigenvalue weighted by atomic mass is 10.0. The molecular weight excluding hydrogens is 262 g/mol. The summed E-state index contributed by atoms with van der Waals surface area (Å²) in [6, 6.07) is 5.98. The molecule has 0 N–H and O–H groups in total. The number of halogens is 1. The van der Waals surface area contributed by atoms with E-state index in [0.717, 1.165) is 43.7 Å². The standard InChI is InChI=1S/C15H20ClNO2/c1-19-13-8-4-6-12-7-5-11-17(15(12)13)14(18)9-2-3-10-16/h4,6,8H,2-3,5,7,9-11H2,1H3. The Kier molecular flexibility index (Phi) is 5.08. The molecule has 0 spiro atoms. The monoisotopic (exact) mass is 281 g/mol. The first-order valence-corrected chi connectivity index (χ1v) is 7.33. The van der Waals surface area contributed by atoms with E-state index in [1.807, 2.05) is 17.0 Å². The summed E-state index contributed by atoms with van der Waals surface area (Å²) in [7, 11) is 1.65. The number of carbonyl (C=O) groups is 1. The fraction of sp³-hybridized carbons (Fsp3) is 0.533. The van der Waals surface area contributed by atoms with Crippen LogP contribution >= 0.6 is 11.6 Å². The number of rotatable bonds is 5. The normalized spacial score (nSPS) is 14.1. The molecule has 0 bridgehead atoms. The van der Waals surface area contributed by atoms with Crippen LogP contribution in [0.3, 0.4) is 0 Å². The lowest BCUT2D eigenvalue weighted by Gasteiger charge is -2.31. The summed E-state index contributed by atoms with van der Waals surface area (Å²) < 4.78 is 5.40. The first-order chi connectivity index (χ1) is 9.27. The van der Waals surface area contributed by atoms with Gasteiger partial charge in [0.1, 0.15) is 5.75 Å². The van der Waals surface area contributed by atoms with Gasteiger partial charge in [0, 0.05) is 18.8 Å². The number of benzene rings is 1. The van der Waals surface area contributed by atoms with Crippen LogP contribution < -0.4 is 9.64 Å². The van der Waals surface area contributed by atoms with Gasteiger partial charge in [0.2, 0.25) is 5.91 Å². The highest BCUT2D eigenvalue weighted by atomic mass is 35.5. The highest BCUT2D eigenvalue weighted by Crippen LogP contribution is 2.36. The van der Waals surface area contributed by atoms with Crippen molar-refractivity contribution < 1.29 is 9.53 Å². The number of carbonyl (C=O) groups excluding carboxylic acids is 1. The molecule has 0 saturated carbocycles. The minimum absolute atomic E-state index is 0.176. The van der Waals surface area contributed by atoms with Gasteiger partial charge in [-0.05, 0) is 37.3 Å². The quantitative estimate of drug-likeness (QED) is 0.612. The number of amides is 1.